The van der Waals surface area contributed by atoms with Gasteiger partial charge in [0.1, 0.15) is 12.4 Å². The van der Waals surface area contributed by atoms with Gasteiger partial charge in [-0.25, -0.2) is 4.39 Å². The minimum absolute atomic E-state index is 0.0280. The second-order valence-corrected chi connectivity index (χ2v) is 6.58. The molecule has 0 fully saturated rings. The van der Waals surface area contributed by atoms with E-state index in [1.807, 2.05) is 24.3 Å². The number of carbonyl (C=O) groups excluding carboxylic acids is 2. The number of rotatable bonds is 7. The lowest BCUT2D eigenvalue weighted by Gasteiger charge is -2.21. The highest BCUT2D eigenvalue weighted by Gasteiger charge is 2.15. The molecule has 26 heavy (non-hydrogen) atoms. The average Bonchev–Trinajstić information content (AvgIpc) is 2.61. The molecule has 0 heterocycles. The first-order valence-electron chi connectivity index (χ1n) is 8.76. The lowest BCUT2D eigenvalue weighted by atomic mass is 10.0. The third-order valence-electron chi connectivity index (χ3n) is 4.20. The Morgan fingerprint density at radius 1 is 1.04 bits per heavy atom. The third-order valence-corrected chi connectivity index (χ3v) is 4.20. The van der Waals surface area contributed by atoms with E-state index in [0.29, 0.717) is 24.6 Å². The van der Waals surface area contributed by atoms with Crippen LogP contribution < -0.4 is 10.2 Å². The van der Waals surface area contributed by atoms with Crippen LogP contribution in [-0.2, 0) is 16.0 Å². The van der Waals surface area contributed by atoms with Crippen LogP contribution in [0.5, 0.6) is 0 Å². The van der Waals surface area contributed by atoms with E-state index in [9.17, 15) is 14.0 Å². The number of halogens is 1. The van der Waals surface area contributed by atoms with Crippen LogP contribution in [0.15, 0.2) is 48.5 Å². The molecule has 5 heteroatoms. The molecule has 0 aliphatic rings. The van der Waals surface area contributed by atoms with E-state index < -0.39 is 0 Å². The lowest BCUT2D eigenvalue weighted by Crippen LogP contribution is -2.40. The zero-order valence-corrected chi connectivity index (χ0v) is 15.5. The highest BCUT2D eigenvalue weighted by Crippen LogP contribution is 2.20. The molecule has 2 aromatic carbocycles. The fourth-order valence-electron chi connectivity index (χ4n) is 2.62. The molecule has 4 nitrogen and oxygen atoms in total. The van der Waals surface area contributed by atoms with Crippen molar-refractivity contribution in [3.05, 3.63) is 65.5 Å². The Labute approximate surface area is 154 Å². The number of nitrogens with one attached hydrogen (secondary N) is 1. The van der Waals surface area contributed by atoms with Gasteiger partial charge < -0.3 is 10.2 Å². The summed E-state index contributed by atoms with van der Waals surface area (Å²) in [6.45, 7) is 6.06. The zero-order chi connectivity index (χ0) is 19.1. The fraction of sp³-hybridized carbons (Fsp3) is 0.333. The number of hydrogen-bond donors (Lipinski definition) is 1. The van der Waals surface area contributed by atoms with E-state index in [1.54, 1.807) is 12.1 Å². The Balaban J connectivity index is 1.91. The third kappa shape index (κ3) is 5.69. The second kappa shape index (κ2) is 9.13. The van der Waals surface area contributed by atoms with Crippen LogP contribution in [0.3, 0.4) is 0 Å². The highest BCUT2D eigenvalue weighted by atomic mass is 19.1. The fourth-order valence-corrected chi connectivity index (χ4v) is 2.62. The van der Waals surface area contributed by atoms with E-state index in [2.05, 4.69) is 19.2 Å². The summed E-state index contributed by atoms with van der Waals surface area (Å²) in [7, 11) is 0. The van der Waals surface area contributed by atoms with Gasteiger partial charge >= 0.3 is 0 Å². The molecule has 0 aliphatic heterocycles. The predicted molar refractivity (Wildman–Crippen MR) is 102 cm³/mol. The largest absolute Gasteiger partial charge is 0.354 e. The number of nitrogens with zero attached hydrogens (tertiary/aromatic N) is 1. The van der Waals surface area contributed by atoms with Crippen LogP contribution in [0.25, 0.3) is 0 Å². The maximum Gasteiger partial charge on any atom is 0.240 e. The Bertz CT molecular complexity index is 740. The highest BCUT2D eigenvalue weighted by molar-refractivity contribution is 5.97. The summed E-state index contributed by atoms with van der Waals surface area (Å²) in [5.74, 6) is -0.283. The molecule has 0 spiro atoms. The predicted octanol–water partition coefficient (Wildman–Crippen LogP) is 3.66. The van der Waals surface area contributed by atoms with Gasteiger partial charge in [-0.3, -0.25) is 9.59 Å². The van der Waals surface area contributed by atoms with Gasteiger partial charge in [0.05, 0.1) is 0 Å². The first kappa shape index (κ1) is 19.6. The first-order valence-corrected chi connectivity index (χ1v) is 8.76. The summed E-state index contributed by atoms with van der Waals surface area (Å²) in [6.07, 6.45) is 0.606. The van der Waals surface area contributed by atoms with Crippen molar-refractivity contribution in [3.63, 3.8) is 0 Å². The molecule has 2 amide bonds. The van der Waals surface area contributed by atoms with E-state index in [0.717, 1.165) is 5.56 Å². The summed E-state index contributed by atoms with van der Waals surface area (Å²) < 4.78 is 12.9. The SMILES string of the molecule is CC(=O)N(CC(=O)NCCc1ccc(F)cc1)c1ccc(C(C)C)cc1. The molecule has 0 aliphatic carbocycles. The smallest absolute Gasteiger partial charge is 0.240 e. The molecule has 0 saturated carbocycles. The number of benzene rings is 2. The van der Waals surface area contributed by atoms with Crippen molar-refractivity contribution in [2.45, 2.75) is 33.1 Å². The van der Waals surface area contributed by atoms with Gasteiger partial charge in [0.2, 0.25) is 11.8 Å². The molecular weight excluding hydrogens is 331 g/mol. The number of hydrogen-bond acceptors (Lipinski definition) is 2. The minimum Gasteiger partial charge on any atom is -0.354 e. The number of amides is 2. The molecule has 0 radical (unpaired) electrons. The van der Waals surface area contributed by atoms with Crippen LogP contribution in [0.2, 0.25) is 0 Å². The lowest BCUT2D eigenvalue weighted by molar-refractivity contribution is -0.123. The molecule has 0 saturated heterocycles. The topological polar surface area (TPSA) is 49.4 Å². The molecule has 138 valence electrons. The monoisotopic (exact) mass is 356 g/mol. The molecule has 2 rings (SSSR count). The van der Waals surface area contributed by atoms with Crippen molar-refractivity contribution >= 4 is 17.5 Å². The Hall–Kier alpha value is -2.69. The van der Waals surface area contributed by atoms with Crippen molar-refractivity contribution in [1.82, 2.24) is 5.32 Å². The Kier molecular flexibility index (Phi) is 6.89. The molecule has 0 aromatic heterocycles. The molecule has 0 atom stereocenters. The van der Waals surface area contributed by atoms with Crippen molar-refractivity contribution in [2.75, 3.05) is 18.0 Å². The Morgan fingerprint density at radius 3 is 2.19 bits per heavy atom. The summed E-state index contributed by atoms with van der Waals surface area (Å²) in [5.41, 5.74) is 2.83. The molecule has 0 bridgehead atoms. The van der Waals surface area contributed by atoms with E-state index >= 15 is 0 Å². The number of anilines is 1. The van der Waals surface area contributed by atoms with Gasteiger partial charge in [0.25, 0.3) is 0 Å². The van der Waals surface area contributed by atoms with E-state index in [1.165, 1.54) is 29.5 Å². The quantitative estimate of drug-likeness (QED) is 0.823. The zero-order valence-electron chi connectivity index (χ0n) is 15.5. The normalized spacial score (nSPS) is 10.7. The second-order valence-electron chi connectivity index (χ2n) is 6.58. The molecule has 1 N–H and O–H groups in total. The van der Waals surface area contributed by atoms with Crippen LogP contribution in [0, 0.1) is 5.82 Å². The van der Waals surface area contributed by atoms with E-state index in [4.69, 9.17) is 0 Å². The standard InChI is InChI=1S/C21H25FN2O2/c1-15(2)18-6-10-20(11-7-18)24(16(3)25)14-21(26)23-13-12-17-4-8-19(22)9-5-17/h4-11,15H,12-14H2,1-3H3,(H,23,26). The average molecular weight is 356 g/mol. The van der Waals surface area contributed by atoms with Gasteiger partial charge in [-0.2, -0.15) is 0 Å². The summed E-state index contributed by atoms with van der Waals surface area (Å²) in [4.78, 5) is 25.6. The molecular formula is C21H25FN2O2. The van der Waals surface area contributed by atoms with E-state index in [-0.39, 0.29) is 24.2 Å². The van der Waals surface area contributed by atoms with Gasteiger partial charge in [0.15, 0.2) is 0 Å². The number of carbonyl (C=O) groups is 2. The minimum atomic E-state index is -0.279. The van der Waals surface area contributed by atoms with Crippen molar-refractivity contribution in [2.24, 2.45) is 0 Å². The van der Waals surface area contributed by atoms with Gasteiger partial charge in [-0.15, -0.1) is 0 Å². The van der Waals surface area contributed by atoms with Crippen LogP contribution >= 0.6 is 0 Å². The summed E-state index contributed by atoms with van der Waals surface area (Å²) in [6, 6.07) is 13.9. The van der Waals surface area contributed by atoms with Crippen LogP contribution in [-0.4, -0.2) is 24.9 Å². The summed E-state index contributed by atoms with van der Waals surface area (Å²) >= 11 is 0. The van der Waals surface area contributed by atoms with Gasteiger partial charge in [0, 0.05) is 19.2 Å². The van der Waals surface area contributed by atoms with Crippen LogP contribution in [0.4, 0.5) is 10.1 Å². The molecule has 0 unspecified atom stereocenters. The van der Waals surface area contributed by atoms with Gasteiger partial charge in [-0.05, 0) is 47.7 Å². The maximum atomic E-state index is 12.9. The van der Waals surface area contributed by atoms with Crippen LogP contribution in [0.1, 0.15) is 37.8 Å². The van der Waals surface area contributed by atoms with Crippen molar-refractivity contribution in [3.8, 4) is 0 Å². The summed E-state index contributed by atoms with van der Waals surface area (Å²) in [5, 5.41) is 2.80. The van der Waals surface area contributed by atoms with Crippen molar-refractivity contribution in [1.29, 1.82) is 0 Å². The first-order chi connectivity index (χ1) is 12.4. The maximum absolute atomic E-state index is 12.9. The molecule has 2 aromatic rings. The van der Waals surface area contributed by atoms with Gasteiger partial charge in [-0.1, -0.05) is 38.1 Å². The van der Waals surface area contributed by atoms with Crippen molar-refractivity contribution < 1.29 is 14.0 Å². The Morgan fingerprint density at radius 2 is 1.65 bits per heavy atom.